The highest BCUT2D eigenvalue weighted by atomic mass is 32.2. The third kappa shape index (κ3) is 2.16. The van der Waals surface area contributed by atoms with Crippen molar-refractivity contribution in [3.63, 3.8) is 0 Å². The maximum absolute atomic E-state index is 11.8. The zero-order valence-electron chi connectivity index (χ0n) is 10.1. The Kier molecular flexibility index (Phi) is 3.11. The highest BCUT2D eigenvalue weighted by Gasteiger charge is 2.37. The molecule has 1 aromatic rings. The lowest BCUT2D eigenvalue weighted by atomic mass is 10.0. The number of hydrogen-bond donors (Lipinski definition) is 1. The normalized spacial score (nSPS) is 31.6. The molecule has 2 atom stereocenters. The molecule has 0 amide bonds. The quantitative estimate of drug-likeness (QED) is 0.868. The fourth-order valence-electron chi connectivity index (χ4n) is 2.66. The first-order valence-electron chi connectivity index (χ1n) is 6.45. The van der Waals surface area contributed by atoms with Crippen molar-refractivity contribution in [3.05, 3.63) is 11.7 Å². The van der Waals surface area contributed by atoms with Gasteiger partial charge in [0.15, 0.2) is 15.7 Å². The van der Waals surface area contributed by atoms with Gasteiger partial charge in [-0.1, -0.05) is 11.6 Å². The van der Waals surface area contributed by atoms with Crippen LogP contribution in [0, 0.1) is 0 Å². The highest BCUT2D eigenvalue weighted by molar-refractivity contribution is 7.91. The molecule has 0 aliphatic carbocycles. The number of rotatable bonds is 2. The SMILES string of the molecule is O=S1(=O)CCCC1c1nc(C2CCCCN2)no1. The Morgan fingerprint density at radius 2 is 2.11 bits per heavy atom. The Balaban J connectivity index is 1.81. The summed E-state index contributed by atoms with van der Waals surface area (Å²) >= 11 is 0. The minimum atomic E-state index is -3.07. The van der Waals surface area contributed by atoms with Crippen LogP contribution in [0.15, 0.2) is 4.52 Å². The van der Waals surface area contributed by atoms with Gasteiger partial charge >= 0.3 is 0 Å². The molecule has 0 aromatic carbocycles. The van der Waals surface area contributed by atoms with Gasteiger partial charge in [-0.2, -0.15) is 4.98 Å². The molecule has 2 saturated heterocycles. The van der Waals surface area contributed by atoms with E-state index in [1.54, 1.807) is 0 Å². The molecule has 0 spiro atoms. The van der Waals surface area contributed by atoms with Crippen LogP contribution < -0.4 is 5.32 Å². The molecule has 3 rings (SSSR count). The monoisotopic (exact) mass is 271 g/mol. The van der Waals surface area contributed by atoms with E-state index in [1.807, 2.05) is 0 Å². The number of piperidine rings is 1. The molecular weight excluding hydrogens is 254 g/mol. The summed E-state index contributed by atoms with van der Waals surface area (Å²) in [6, 6.07) is 0.111. The summed E-state index contributed by atoms with van der Waals surface area (Å²) in [6.07, 6.45) is 4.58. The van der Waals surface area contributed by atoms with Crippen molar-refractivity contribution < 1.29 is 12.9 Å². The van der Waals surface area contributed by atoms with Gasteiger partial charge in [0.1, 0.15) is 5.25 Å². The summed E-state index contributed by atoms with van der Waals surface area (Å²) in [4.78, 5) is 4.29. The van der Waals surface area contributed by atoms with Gasteiger partial charge in [0.25, 0.3) is 0 Å². The van der Waals surface area contributed by atoms with Crippen LogP contribution in [0.25, 0.3) is 0 Å². The first-order valence-corrected chi connectivity index (χ1v) is 8.17. The highest BCUT2D eigenvalue weighted by Crippen LogP contribution is 2.34. The summed E-state index contributed by atoms with van der Waals surface area (Å²) in [7, 11) is -3.07. The maximum Gasteiger partial charge on any atom is 0.245 e. The van der Waals surface area contributed by atoms with E-state index < -0.39 is 15.1 Å². The number of nitrogens with zero attached hydrogens (tertiary/aromatic N) is 2. The molecule has 100 valence electrons. The second-order valence-electron chi connectivity index (χ2n) is 4.99. The van der Waals surface area contributed by atoms with Crippen molar-refractivity contribution in [2.45, 2.75) is 43.4 Å². The summed E-state index contributed by atoms with van der Waals surface area (Å²) in [5.74, 6) is 1.11. The second-order valence-corrected chi connectivity index (χ2v) is 7.29. The molecular formula is C11H17N3O3S. The van der Waals surface area contributed by atoms with Gasteiger partial charge < -0.3 is 9.84 Å². The van der Waals surface area contributed by atoms with Crippen molar-refractivity contribution >= 4 is 9.84 Å². The zero-order valence-corrected chi connectivity index (χ0v) is 10.9. The van der Waals surface area contributed by atoms with Gasteiger partial charge in [-0.15, -0.1) is 0 Å². The smallest absolute Gasteiger partial charge is 0.245 e. The van der Waals surface area contributed by atoms with Crippen LogP contribution in [0.1, 0.15) is 55.1 Å². The Hall–Kier alpha value is -0.950. The van der Waals surface area contributed by atoms with Crippen LogP contribution in [0.2, 0.25) is 0 Å². The fourth-order valence-corrected chi connectivity index (χ4v) is 4.44. The molecule has 0 saturated carbocycles. The van der Waals surface area contributed by atoms with Gasteiger partial charge in [0.05, 0.1) is 11.8 Å². The zero-order chi connectivity index (χ0) is 12.6. The van der Waals surface area contributed by atoms with Crippen LogP contribution >= 0.6 is 0 Å². The average Bonchev–Trinajstić information content (AvgIpc) is 2.96. The predicted molar refractivity (Wildman–Crippen MR) is 64.7 cm³/mol. The molecule has 0 radical (unpaired) electrons. The first-order chi connectivity index (χ1) is 8.67. The summed E-state index contributed by atoms with van der Waals surface area (Å²) in [5.41, 5.74) is 0. The number of hydrogen-bond acceptors (Lipinski definition) is 6. The number of nitrogens with one attached hydrogen (secondary N) is 1. The second kappa shape index (κ2) is 4.62. The van der Waals surface area contributed by atoms with E-state index >= 15 is 0 Å². The minimum absolute atomic E-state index is 0.111. The van der Waals surface area contributed by atoms with Gasteiger partial charge in [0.2, 0.25) is 5.89 Å². The van der Waals surface area contributed by atoms with Crippen LogP contribution in [0.5, 0.6) is 0 Å². The van der Waals surface area contributed by atoms with E-state index in [4.69, 9.17) is 4.52 Å². The standard InChI is InChI=1S/C11H17N3O3S/c15-18(16)7-3-5-9(18)11-13-10(14-17-11)8-4-1-2-6-12-8/h8-9,12H,1-7H2. The number of aromatic nitrogens is 2. The van der Waals surface area contributed by atoms with E-state index in [0.717, 1.165) is 25.8 Å². The summed E-state index contributed by atoms with van der Waals surface area (Å²) in [5, 5.41) is 6.68. The topological polar surface area (TPSA) is 85.1 Å². The molecule has 7 heteroatoms. The number of sulfone groups is 1. The van der Waals surface area contributed by atoms with E-state index in [-0.39, 0.29) is 17.7 Å². The van der Waals surface area contributed by atoms with Crippen molar-refractivity contribution in [2.24, 2.45) is 0 Å². The molecule has 18 heavy (non-hydrogen) atoms. The van der Waals surface area contributed by atoms with E-state index in [1.165, 1.54) is 0 Å². The first kappa shape index (κ1) is 12.1. The van der Waals surface area contributed by atoms with Crippen molar-refractivity contribution in [3.8, 4) is 0 Å². The van der Waals surface area contributed by atoms with Crippen molar-refractivity contribution in [1.82, 2.24) is 15.5 Å². The van der Waals surface area contributed by atoms with Crippen molar-refractivity contribution in [2.75, 3.05) is 12.3 Å². The van der Waals surface area contributed by atoms with E-state index in [9.17, 15) is 8.42 Å². The van der Waals surface area contributed by atoms with Crippen LogP contribution in [-0.4, -0.2) is 30.9 Å². The average molecular weight is 271 g/mol. The minimum Gasteiger partial charge on any atom is -0.338 e. The third-order valence-corrected chi connectivity index (χ3v) is 5.85. The molecule has 6 nitrogen and oxygen atoms in total. The van der Waals surface area contributed by atoms with Crippen molar-refractivity contribution in [1.29, 1.82) is 0 Å². The van der Waals surface area contributed by atoms with Gasteiger partial charge in [0, 0.05) is 0 Å². The van der Waals surface area contributed by atoms with E-state index in [2.05, 4.69) is 15.5 Å². The Morgan fingerprint density at radius 3 is 2.78 bits per heavy atom. The molecule has 2 unspecified atom stereocenters. The predicted octanol–water partition coefficient (Wildman–Crippen LogP) is 1.13. The molecule has 2 aliphatic heterocycles. The molecule has 0 bridgehead atoms. The van der Waals surface area contributed by atoms with Gasteiger partial charge in [-0.25, -0.2) is 8.42 Å². The van der Waals surface area contributed by atoms with E-state index in [0.29, 0.717) is 18.7 Å². The largest absolute Gasteiger partial charge is 0.338 e. The maximum atomic E-state index is 11.8. The fraction of sp³-hybridized carbons (Fsp3) is 0.818. The summed E-state index contributed by atoms with van der Waals surface area (Å²) < 4.78 is 28.8. The van der Waals surface area contributed by atoms with Crippen LogP contribution in [0.4, 0.5) is 0 Å². The lowest BCUT2D eigenvalue weighted by Gasteiger charge is -2.19. The third-order valence-electron chi connectivity index (χ3n) is 3.68. The molecule has 2 fully saturated rings. The molecule has 1 N–H and O–H groups in total. The van der Waals surface area contributed by atoms with Crippen LogP contribution in [-0.2, 0) is 9.84 Å². The Morgan fingerprint density at radius 1 is 1.22 bits per heavy atom. The van der Waals surface area contributed by atoms with Gasteiger partial charge in [-0.05, 0) is 32.2 Å². The lowest BCUT2D eigenvalue weighted by Crippen LogP contribution is -2.27. The van der Waals surface area contributed by atoms with Crippen LogP contribution in [0.3, 0.4) is 0 Å². The molecule has 3 heterocycles. The Bertz CT molecular complexity index is 519. The van der Waals surface area contributed by atoms with Gasteiger partial charge in [-0.3, -0.25) is 0 Å². The Labute approximate surface area is 106 Å². The lowest BCUT2D eigenvalue weighted by molar-refractivity contribution is 0.345. The summed E-state index contributed by atoms with van der Waals surface area (Å²) in [6.45, 7) is 0.955. The molecule has 1 aromatic heterocycles. The molecule has 2 aliphatic rings.